The molecule has 11 heteroatoms. The van der Waals surface area contributed by atoms with Crippen molar-refractivity contribution in [1.29, 1.82) is 0 Å². The molecule has 0 amide bonds. The van der Waals surface area contributed by atoms with E-state index < -0.39 is 33.1 Å². The monoisotopic (exact) mass is 420 g/mol. The van der Waals surface area contributed by atoms with Gasteiger partial charge in [0.25, 0.3) is 0 Å². The van der Waals surface area contributed by atoms with Gasteiger partial charge < -0.3 is 28.3 Å². The fraction of sp³-hybridized carbons (Fsp3) is 0.0556. The molecular formula is C18H12O10S. The average molecular weight is 420 g/mol. The largest absolute Gasteiger partial charge is 0.504 e. The Labute approximate surface area is 161 Å². The molecule has 10 nitrogen and oxygen atoms in total. The number of hydrogen-bond acceptors (Lipinski definition) is 9. The highest BCUT2D eigenvalue weighted by Gasteiger charge is 2.23. The van der Waals surface area contributed by atoms with Crippen LogP contribution >= 0.6 is 0 Å². The van der Waals surface area contributed by atoms with E-state index in [9.17, 15) is 28.5 Å². The van der Waals surface area contributed by atoms with Crippen LogP contribution in [0, 0.1) is 6.92 Å². The molecule has 150 valence electrons. The summed E-state index contributed by atoms with van der Waals surface area (Å²) in [5.41, 5.74) is -0.183. The van der Waals surface area contributed by atoms with Gasteiger partial charge in [0.15, 0.2) is 28.4 Å². The first-order valence-electron chi connectivity index (χ1n) is 7.96. The van der Waals surface area contributed by atoms with Crippen LogP contribution in [0.1, 0.15) is 5.76 Å². The van der Waals surface area contributed by atoms with E-state index in [4.69, 9.17) is 13.4 Å². The second-order valence-electron chi connectivity index (χ2n) is 6.20. The van der Waals surface area contributed by atoms with E-state index in [0.717, 1.165) is 12.1 Å². The van der Waals surface area contributed by atoms with Gasteiger partial charge in [-0.3, -0.25) is 9.35 Å². The minimum absolute atomic E-state index is 0.0614. The van der Waals surface area contributed by atoms with Gasteiger partial charge in [0.2, 0.25) is 5.75 Å². The van der Waals surface area contributed by atoms with Gasteiger partial charge >= 0.3 is 10.4 Å². The SMILES string of the molecule is Cc1cc2c(O)c(-c3cc(O)c(OS(=O)(=O)O)c(O)c3)oc3cc(=O)cc(o1)c32. The van der Waals surface area contributed by atoms with E-state index in [1.54, 1.807) is 6.92 Å². The number of phenols is 2. The Bertz CT molecular complexity index is 1440. The number of rotatable bonds is 3. The summed E-state index contributed by atoms with van der Waals surface area (Å²) >= 11 is 0. The summed E-state index contributed by atoms with van der Waals surface area (Å²) in [6, 6.07) is 5.82. The van der Waals surface area contributed by atoms with Crippen molar-refractivity contribution in [3.8, 4) is 34.3 Å². The zero-order chi connectivity index (χ0) is 21.1. The van der Waals surface area contributed by atoms with E-state index in [0.29, 0.717) is 11.1 Å². The maximum Gasteiger partial charge on any atom is 0.446 e. The van der Waals surface area contributed by atoms with Crippen LogP contribution in [-0.4, -0.2) is 28.3 Å². The van der Waals surface area contributed by atoms with E-state index >= 15 is 0 Å². The minimum atomic E-state index is -5.00. The van der Waals surface area contributed by atoms with Gasteiger partial charge in [-0.2, -0.15) is 8.42 Å². The second-order valence-corrected chi connectivity index (χ2v) is 7.22. The van der Waals surface area contributed by atoms with E-state index in [1.165, 1.54) is 18.2 Å². The lowest BCUT2D eigenvalue weighted by atomic mass is 10.0. The molecule has 2 aromatic carbocycles. The average Bonchev–Trinajstić information content (AvgIpc) is 2.59. The summed E-state index contributed by atoms with van der Waals surface area (Å²) in [4.78, 5) is 11.9. The van der Waals surface area contributed by atoms with E-state index in [2.05, 4.69) is 4.18 Å². The molecular weight excluding hydrogens is 408 g/mol. The Morgan fingerprint density at radius 2 is 1.52 bits per heavy atom. The molecule has 0 saturated heterocycles. The molecule has 0 radical (unpaired) electrons. The first-order chi connectivity index (χ1) is 13.5. The molecule has 4 rings (SSSR count). The van der Waals surface area contributed by atoms with Crippen LogP contribution < -0.4 is 9.61 Å². The third-order valence-corrected chi connectivity index (χ3v) is 4.49. The molecule has 4 aromatic rings. The van der Waals surface area contributed by atoms with E-state index in [-0.39, 0.29) is 33.6 Å². The lowest BCUT2D eigenvalue weighted by Gasteiger charge is -2.13. The molecule has 0 bridgehead atoms. The fourth-order valence-electron chi connectivity index (χ4n) is 3.05. The molecule has 0 aliphatic carbocycles. The Morgan fingerprint density at radius 3 is 2.10 bits per heavy atom. The topological polar surface area (TPSA) is 168 Å². The summed E-state index contributed by atoms with van der Waals surface area (Å²) < 4.78 is 45.7. The molecule has 2 heterocycles. The first kappa shape index (κ1) is 18.7. The van der Waals surface area contributed by atoms with Crippen LogP contribution in [0.3, 0.4) is 0 Å². The van der Waals surface area contributed by atoms with Crippen LogP contribution in [0.15, 0.2) is 44.0 Å². The van der Waals surface area contributed by atoms with Crippen LogP contribution in [0.2, 0.25) is 0 Å². The van der Waals surface area contributed by atoms with Gasteiger partial charge in [0.1, 0.15) is 16.9 Å². The van der Waals surface area contributed by atoms with Crippen molar-refractivity contribution >= 4 is 32.3 Å². The smallest absolute Gasteiger partial charge is 0.446 e. The molecule has 4 N–H and O–H groups in total. The fourth-order valence-corrected chi connectivity index (χ4v) is 3.44. The second kappa shape index (κ2) is 6.15. The van der Waals surface area contributed by atoms with Gasteiger partial charge in [-0.15, -0.1) is 0 Å². The highest BCUT2D eigenvalue weighted by molar-refractivity contribution is 7.81. The van der Waals surface area contributed by atoms with Crippen molar-refractivity contribution in [2.24, 2.45) is 0 Å². The van der Waals surface area contributed by atoms with Crippen molar-refractivity contribution in [2.45, 2.75) is 6.92 Å². The Morgan fingerprint density at radius 1 is 0.931 bits per heavy atom. The van der Waals surface area contributed by atoms with Crippen LogP contribution in [-0.2, 0) is 10.4 Å². The standard InChI is InChI=1S/C18H12O10S/c1-7-2-10-15-13(26-7)5-9(19)6-14(15)27-17(16(10)22)8-3-11(20)18(12(21)4-8)28-29(23,24)25/h2-6,20-22H,1H3,(H,23,24,25). The zero-order valence-electron chi connectivity index (χ0n) is 14.5. The maximum absolute atomic E-state index is 11.9. The summed E-state index contributed by atoms with van der Waals surface area (Å²) in [5.74, 6) is -2.81. The summed E-state index contributed by atoms with van der Waals surface area (Å²) in [7, 11) is -5.00. The highest BCUT2D eigenvalue weighted by Crippen LogP contribution is 2.45. The molecule has 2 aromatic heterocycles. The van der Waals surface area contributed by atoms with Crippen molar-refractivity contribution in [3.63, 3.8) is 0 Å². The molecule has 0 spiro atoms. The third kappa shape index (κ3) is 3.22. The van der Waals surface area contributed by atoms with Crippen molar-refractivity contribution in [3.05, 3.63) is 46.3 Å². The Kier molecular flexibility index (Phi) is 3.96. The van der Waals surface area contributed by atoms with Crippen LogP contribution in [0.5, 0.6) is 23.0 Å². The molecule has 0 aliphatic rings. The van der Waals surface area contributed by atoms with Gasteiger partial charge in [0.05, 0.1) is 5.39 Å². The summed E-state index contributed by atoms with van der Waals surface area (Å²) in [6.07, 6.45) is 0. The lowest BCUT2D eigenvalue weighted by Crippen LogP contribution is -2.07. The molecule has 0 atom stereocenters. The molecule has 0 saturated carbocycles. The number of aryl methyl sites for hydroxylation is 1. The third-order valence-electron chi connectivity index (χ3n) is 4.11. The number of hydrogen-bond donors (Lipinski definition) is 4. The summed E-state index contributed by atoms with van der Waals surface area (Å²) in [5, 5.41) is 31.4. The van der Waals surface area contributed by atoms with Gasteiger partial charge in [0, 0.05) is 23.1 Å². The number of aromatic hydroxyl groups is 3. The zero-order valence-corrected chi connectivity index (χ0v) is 15.3. The number of benzene rings is 2. The van der Waals surface area contributed by atoms with Crippen molar-refractivity contribution in [1.82, 2.24) is 0 Å². The maximum atomic E-state index is 11.9. The molecule has 0 unspecified atom stereocenters. The minimum Gasteiger partial charge on any atom is -0.504 e. The quantitative estimate of drug-likeness (QED) is 0.362. The number of phenolic OH excluding ortho intramolecular Hbond substituents is 2. The van der Waals surface area contributed by atoms with Gasteiger partial charge in [-0.25, -0.2) is 0 Å². The first-order valence-corrected chi connectivity index (χ1v) is 9.33. The van der Waals surface area contributed by atoms with Crippen molar-refractivity contribution in [2.75, 3.05) is 0 Å². The molecule has 0 fully saturated rings. The molecule has 29 heavy (non-hydrogen) atoms. The van der Waals surface area contributed by atoms with Gasteiger partial charge in [-0.1, -0.05) is 0 Å². The van der Waals surface area contributed by atoms with E-state index in [1.807, 2.05) is 0 Å². The van der Waals surface area contributed by atoms with Gasteiger partial charge in [-0.05, 0) is 25.1 Å². The normalized spacial score (nSPS) is 11.9. The van der Waals surface area contributed by atoms with Crippen LogP contribution in [0.25, 0.3) is 33.3 Å². The molecule has 0 aliphatic heterocycles. The summed E-state index contributed by atoms with van der Waals surface area (Å²) in [6.45, 7) is 1.62. The predicted molar refractivity (Wildman–Crippen MR) is 99.6 cm³/mol. The highest BCUT2D eigenvalue weighted by atomic mass is 32.3. The predicted octanol–water partition coefficient (Wildman–Crippen LogP) is 2.81. The van der Waals surface area contributed by atoms with Crippen molar-refractivity contribution < 1.29 is 41.3 Å². The Hall–Kier alpha value is -3.70. The lowest BCUT2D eigenvalue weighted by molar-refractivity contribution is 0.354. The Balaban J connectivity index is 2.02. The van der Waals surface area contributed by atoms with Crippen LogP contribution in [0.4, 0.5) is 0 Å².